The van der Waals surface area contributed by atoms with Crippen LogP contribution < -0.4 is 10.1 Å². The molecular formula is C19H22N2O2. The zero-order valence-corrected chi connectivity index (χ0v) is 13.4. The van der Waals surface area contributed by atoms with E-state index in [1.165, 1.54) is 24.0 Å². The van der Waals surface area contributed by atoms with E-state index in [1.54, 1.807) is 13.1 Å². The van der Waals surface area contributed by atoms with Crippen LogP contribution in [0.3, 0.4) is 0 Å². The van der Waals surface area contributed by atoms with E-state index in [9.17, 15) is 4.79 Å². The number of pyridine rings is 1. The first-order valence-corrected chi connectivity index (χ1v) is 8.19. The Kier molecular flexibility index (Phi) is 4.91. The van der Waals surface area contributed by atoms with Crippen molar-refractivity contribution in [2.45, 2.75) is 45.3 Å². The number of hydrogen-bond donors (Lipinski definition) is 1. The second kappa shape index (κ2) is 7.27. The van der Waals surface area contributed by atoms with Gasteiger partial charge in [-0.1, -0.05) is 18.2 Å². The van der Waals surface area contributed by atoms with E-state index >= 15 is 0 Å². The standard InChI is InChI=1S/C19H22N2O2/c1-14(19(22)21-13-16-9-4-5-12-20-16)23-18-11-6-8-15-7-2-3-10-17(15)18/h4-6,8-9,11-12,14H,2-3,7,10,13H2,1H3,(H,21,22)/t14-/m1/s1. The second-order valence-electron chi connectivity index (χ2n) is 5.90. The fourth-order valence-corrected chi connectivity index (χ4v) is 2.92. The molecule has 0 unspecified atom stereocenters. The first-order valence-electron chi connectivity index (χ1n) is 8.19. The molecule has 0 saturated heterocycles. The Balaban J connectivity index is 1.60. The van der Waals surface area contributed by atoms with E-state index in [0.717, 1.165) is 24.3 Å². The Morgan fingerprint density at radius 1 is 1.22 bits per heavy atom. The lowest BCUT2D eigenvalue weighted by molar-refractivity contribution is -0.127. The van der Waals surface area contributed by atoms with E-state index < -0.39 is 6.10 Å². The first kappa shape index (κ1) is 15.5. The van der Waals surface area contributed by atoms with Crippen LogP contribution in [0.25, 0.3) is 0 Å². The van der Waals surface area contributed by atoms with Crippen LogP contribution in [0.5, 0.6) is 5.75 Å². The van der Waals surface area contributed by atoms with E-state index in [0.29, 0.717) is 6.54 Å². The first-order chi connectivity index (χ1) is 11.2. The van der Waals surface area contributed by atoms with Crippen LogP contribution in [0.2, 0.25) is 0 Å². The van der Waals surface area contributed by atoms with Gasteiger partial charge in [-0.05, 0) is 61.9 Å². The van der Waals surface area contributed by atoms with E-state index in [1.807, 2.05) is 30.3 Å². The average molecular weight is 310 g/mol. The van der Waals surface area contributed by atoms with Gasteiger partial charge in [-0.15, -0.1) is 0 Å². The van der Waals surface area contributed by atoms with Gasteiger partial charge in [0, 0.05) is 6.20 Å². The van der Waals surface area contributed by atoms with Gasteiger partial charge in [-0.2, -0.15) is 0 Å². The van der Waals surface area contributed by atoms with Crippen molar-refractivity contribution in [2.75, 3.05) is 0 Å². The van der Waals surface area contributed by atoms with Crippen molar-refractivity contribution < 1.29 is 9.53 Å². The zero-order valence-electron chi connectivity index (χ0n) is 13.4. The highest BCUT2D eigenvalue weighted by atomic mass is 16.5. The van der Waals surface area contributed by atoms with E-state index in [-0.39, 0.29) is 5.91 Å². The number of rotatable bonds is 5. The molecule has 1 aromatic carbocycles. The molecule has 0 saturated carbocycles. The van der Waals surface area contributed by atoms with Gasteiger partial charge in [0.2, 0.25) is 0 Å². The maximum Gasteiger partial charge on any atom is 0.261 e. The zero-order chi connectivity index (χ0) is 16.1. The highest BCUT2D eigenvalue weighted by molar-refractivity contribution is 5.80. The van der Waals surface area contributed by atoms with Crippen molar-refractivity contribution in [1.82, 2.24) is 10.3 Å². The maximum absolute atomic E-state index is 12.2. The van der Waals surface area contributed by atoms with Gasteiger partial charge in [0.25, 0.3) is 5.91 Å². The molecule has 1 aromatic heterocycles. The van der Waals surface area contributed by atoms with Gasteiger partial charge in [-0.3, -0.25) is 9.78 Å². The summed E-state index contributed by atoms with van der Waals surface area (Å²) in [5, 5.41) is 2.87. The van der Waals surface area contributed by atoms with Gasteiger partial charge in [0.05, 0.1) is 12.2 Å². The number of amides is 1. The minimum atomic E-state index is -0.521. The third-order valence-corrected chi connectivity index (χ3v) is 4.20. The van der Waals surface area contributed by atoms with E-state index in [4.69, 9.17) is 4.74 Å². The minimum Gasteiger partial charge on any atom is -0.481 e. The Morgan fingerprint density at radius 2 is 2.09 bits per heavy atom. The molecule has 1 amide bonds. The van der Waals surface area contributed by atoms with Crippen LogP contribution in [-0.4, -0.2) is 17.0 Å². The van der Waals surface area contributed by atoms with Gasteiger partial charge in [0.15, 0.2) is 6.10 Å². The lowest BCUT2D eigenvalue weighted by Gasteiger charge is -2.22. The van der Waals surface area contributed by atoms with Crippen LogP contribution in [0.4, 0.5) is 0 Å². The Bertz CT molecular complexity index is 670. The molecule has 1 N–H and O–H groups in total. The lowest BCUT2D eigenvalue weighted by Crippen LogP contribution is -2.36. The van der Waals surface area contributed by atoms with Crippen molar-refractivity contribution in [3.63, 3.8) is 0 Å². The van der Waals surface area contributed by atoms with Crippen LogP contribution in [-0.2, 0) is 24.2 Å². The predicted molar refractivity (Wildman–Crippen MR) is 89.3 cm³/mol. The number of fused-ring (bicyclic) bond motifs is 1. The smallest absolute Gasteiger partial charge is 0.261 e. The van der Waals surface area contributed by atoms with Crippen LogP contribution in [0, 0.1) is 0 Å². The van der Waals surface area contributed by atoms with Crippen molar-refractivity contribution in [2.24, 2.45) is 0 Å². The number of nitrogens with zero attached hydrogens (tertiary/aromatic N) is 1. The van der Waals surface area contributed by atoms with Crippen molar-refractivity contribution >= 4 is 5.91 Å². The fourth-order valence-electron chi connectivity index (χ4n) is 2.92. The number of ether oxygens (including phenoxy) is 1. The third kappa shape index (κ3) is 3.89. The number of hydrogen-bond acceptors (Lipinski definition) is 3. The SMILES string of the molecule is C[C@@H](Oc1cccc2c1CCCC2)C(=O)NCc1ccccn1. The highest BCUT2D eigenvalue weighted by Crippen LogP contribution is 2.30. The molecule has 0 radical (unpaired) electrons. The molecule has 23 heavy (non-hydrogen) atoms. The number of carbonyl (C=O) groups is 1. The van der Waals surface area contributed by atoms with Crippen molar-refractivity contribution in [1.29, 1.82) is 0 Å². The number of benzene rings is 1. The molecule has 4 nitrogen and oxygen atoms in total. The molecule has 0 spiro atoms. The summed E-state index contributed by atoms with van der Waals surface area (Å²) in [5.74, 6) is 0.728. The third-order valence-electron chi connectivity index (χ3n) is 4.20. The number of carbonyl (C=O) groups excluding carboxylic acids is 1. The summed E-state index contributed by atoms with van der Waals surface area (Å²) in [6.07, 6.45) is 5.76. The average Bonchev–Trinajstić information content (AvgIpc) is 2.61. The molecule has 1 aliphatic carbocycles. The Hall–Kier alpha value is -2.36. The molecule has 3 rings (SSSR count). The molecule has 0 aliphatic heterocycles. The number of nitrogens with one attached hydrogen (secondary N) is 1. The molecule has 1 heterocycles. The van der Waals surface area contributed by atoms with Gasteiger partial charge >= 0.3 is 0 Å². The minimum absolute atomic E-state index is 0.121. The summed E-state index contributed by atoms with van der Waals surface area (Å²) in [7, 11) is 0. The molecule has 1 atom stereocenters. The molecule has 0 fully saturated rings. The van der Waals surface area contributed by atoms with Gasteiger partial charge in [-0.25, -0.2) is 0 Å². The lowest BCUT2D eigenvalue weighted by atomic mass is 9.91. The summed E-state index contributed by atoms with van der Waals surface area (Å²) in [4.78, 5) is 16.4. The summed E-state index contributed by atoms with van der Waals surface area (Å²) < 4.78 is 5.93. The van der Waals surface area contributed by atoms with Crippen molar-refractivity contribution in [3.8, 4) is 5.75 Å². The Labute approximate surface area is 136 Å². The second-order valence-corrected chi connectivity index (χ2v) is 5.90. The molecule has 120 valence electrons. The summed E-state index contributed by atoms with van der Waals surface area (Å²) in [6.45, 7) is 2.20. The Morgan fingerprint density at radius 3 is 2.91 bits per heavy atom. The topological polar surface area (TPSA) is 51.2 Å². The largest absolute Gasteiger partial charge is 0.481 e. The molecule has 1 aliphatic rings. The molecular weight excluding hydrogens is 288 g/mol. The normalized spacial score (nSPS) is 14.7. The molecule has 2 aromatic rings. The van der Waals surface area contributed by atoms with Gasteiger partial charge in [0.1, 0.15) is 5.75 Å². The van der Waals surface area contributed by atoms with Crippen LogP contribution in [0.1, 0.15) is 36.6 Å². The molecule has 4 heteroatoms. The number of aryl methyl sites for hydroxylation is 1. The summed E-state index contributed by atoms with van der Waals surface area (Å²) >= 11 is 0. The monoisotopic (exact) mass is 310 g/mol. The highest BCUT2D eigenvalue weighted by Gasteiger charge is 2.19. The predicted octanol–water partition coefficient (Wildman–Crippen LogP) is 3.04. The summed E-state index contributed by atoms with van der Waals surface area (Å²) in [6, 6.07) is 11.8. The van der Waals surface area contributed by atoms with Crippen molar-refractivity contribution in [3.05, 3.63) is 59.4 Å². The van der Waals surface area contributed by atoms with Gasteiger partial charge < -0.3 is 10.1 Å². The quantitative estimate of drug-likeness (QED) is 0.923. The number of aromatic nitrogens is 1. The van der Waals surface area contributed by atoms with E-state index in [2.05, 4.69) is 16.4 Å². The van der Waals surface area contributed by atoms with Crippen LogP contribution in [0.15, 0.2) is 42.6 Å². The van der Waals surface area contributed by atoms with Crippen LogP contribution >= 0.6 is 0 Å². The summed E-state index contributed by atoms with van der Waals surface area (Å²) in [5.41, 5.74) is 3.46. The molecule has 0 bridgehead atoms. The maximum atomic E-state index is 12.2. The fraction of sp³-hybridized carbons (Fsp3) is 0.368.